The van der Waals surface area contributed by atoms with Gasteiger partial charge in [0.05, 0.1) is 5.02 Å². The quantitative estimate of drug-likeness (QED) is 0.653. The van der Waals surface area contributed by atoms with Gasteiger partial charge in [0.15, 0.2) is 5.82 Å². The first-order chi connectivity index (χ1) is 10.1. The molecule has 0 saturated carbocycles. The van der Waals surface area contributed by atoms with Crippen LogP contribution in [-0.4, -0.2) is 14.8 Å². The summed E-state index contributed by atoms with van der Waals surface area (Å²) in [5, 5.41) is 5.27. The van der Waals surface area contributed by atoms with Gasteiger partial charge in [-0.2, -0.15) is 5.10 Å². The summed E-state index contributed by atoms with van der Waals surface area (Å²) in [5.74, 6) is -0.0859. The number of aromatic nitrogens is 3. The normalized spacial score (nSPS) is 10.9. The van der Waals surface area contributed by atoms with E-state index in [0.29, 0.717) is 26.5 Å². The zero-order valence-corrected chi connectivity index (χ0v) is 12.7. The second kappa shape index (κ2) is 5.64. The monoisotopic (exact) mass is 341 g/mol. The predicted molar refractivity (Wildman–Crippen MR) is 81.8 cm³/mol. The summed E-state index contributed by atoms with van der Waals surface area (Å²) in [6, 6.07) is 9.30. The summed E-state index contributed by atoms with van der Waals surface area (Å²) >= 11 is 17.8. The molecular weight excluding hydrogens is 336 g/mol. The van der Waals surface area contributed by atoms with Gasteiger partial charge >= 0.3 is 0 Å². The van der Waals surface area contributed by atoms with Gasteiger partial charge in [-0.15, -0.1) is 0 Å². The summed E-state index contributed by atoms with van der Waals surface area (Å²) < 4.78 is 15.4. The molecule has 0 unspecified atom stereocenters. The molecule has 0 radical (unpaired) electrons. The van der Waals surface area contributed by atoms with Crippen LogP contribution in [-0.2, 0) is 0 Å². The fourth-order valence-corrected chi connectivity index (χ4v) is 2.58. The minimum absolute atomic E-state index is 0.234. The second-order valence-corrected chi connectivity index (χ2v) is 5.50. The molecule has 0 aliphatic heterocycles. The number of hydrogen-bond donors (Lipinski definition) is 0. The molecule has 0 N–H and O–H groups in total. The van der Waals surface area contributed by atoms with Crippen molar-refractivity contribution < 1.29 is 4.39 Å². The van der Waals surface area contributed by atoms with Crippen molar-refractivity contribution in [2.75, 3.05) is 0 Å². The lowest BCUT2D eigenvalue weighted by Crippen LogP contribution is -2.02. The summed E-state index contributed by atoms with van der Waals surface area (Å²) in [5.41, 5.74) is 0.839. The minimum atomic E-state index is -0.501. The number of halogens is 4. The van der Waals surface area contributed by atoms with Crippen LogP contribution in [0.25, 0.3) is 17.1 Å². The minimum Gasteiger partial charge on any atom is -0.215 e. The Kier molecular flexibility index (Phi) is 3.85. The average molecular weight is 343 g/mol. The molecule has 2 aromatic carbocycles. The van der Waals surface area contributed by atoms with Crippen molar-refractivity contribution in [2.24, 2.45) is 0 Å². The maximum Gasteiger partial charge on any atom is 0.164 e. The molecule has 0 aliphatic carbocycles. The van der Waals surface area contributed by atoms with Crippen LogP contribution < -0.4 is 0 Å². The van der Waals surface area contributed by atoms with Crippen molar-refractivity contribution in [3.05, 3.63) is 63.6 Å². The molecular formula is C14H7Cl3FN3. The largest absolute Gasteiger partial charge is 0.215 e. The molecule has 0 saturated heterocycles. The summed E-state index contributed by atoms with van der Waals surface area (Å²) in [6.07, 6.45) is 1.33. The van der Waals surface area contributed by atoms with E-state index < -0.39 is 5.82 Å². The van der Waals surface area contributed by atoms with E-state index in [1.54, 1.807) is 24.3 Å². The van der Waals surface area contributed by atoms with E-state index >= 15 is 0 Å². The molecule has 0 amide bonds. The molecule has 7 heteroatoms. The van der Waals surface area contributed by atoms with E-state index in [2.05, 4.69) is 10.1 Å². The average Bonchev–Trinajstić information content (AvgIpc) is 2.87. The van der Waals surface area contributed by atoms with Crippen molar-refractivity contribution in [1.82, 2.24) is 14.8 Å². The van der Waals surface area contributed by atoms with Crippen LogP contribution in [0.2, 0.25) is 15.1 Å². The zero-order valence-electron chi connectivity index (χ0n) is 10.4. The number of nitrogens with zero attached hydrogens (tertiary/aromatic N) is 3. The Hall–Kier alpha value is -1.62. The Bertz CT molecular complexity index is 751. The van der Waals surface area contributed by atoms with Crippen LogP contribution in [0.5, 0.6) is 0 Å². The Balaban J connectivity index is 2.17. The van der Waals surface area contributed by atoms with Gasteiger partial charge in [-0.3, -0.25) is 0 Å². The van der Waals surface area contributed by atoms with E-state index in [1.165, 1.54) is 23.1 Å². The maximum absolute atomic E-state index is 14.0. The van der Waals surface area contributed by atoms with Crippen LogP contribution in [0, 0.1) is 5.82 Å². The highest BCUT2D eigenvalue weighted by Gasteiger charge is 2.15. The molecule has 1 aromatic heterocycles. The van der Waals surface area contributed by atoms with Gasteiger partial charge in [0.2, 0.25) is 0 Å². The van der Waals surface area contributed by atoms with E-state index in [4.69, 9.17) is 34.8 Å². The van der Waals surface area contributed by atoms with Crippen LogP contribution in [0.4, 0.5) is 4.39 Å². The van der Waals surface area contributed by atoms with Crippen molar-refractivity contribution in [1.29, 1.82) is 0 Å². The fourth-order valence-electron chi connectivity index (χ4n) is 1.93. The van der Waals surface area contributed by atoms with Gasteiger partial charge in [-0.25, -0.2) is 14.1 Å². The Labute approximate surface area is 134 Å². The summed E-state index contributed by atoms with van der Waals surface area (Å²) in [7, 11) is 0. The smallest absolute Gasteiger partial charge is 0.164 e. The highest BCUT2D eigenvalue weighted by molar-refractivity contribution is 6.36. The van der Waals surface area contributed by atoms with Crippen molar-refractivity contribution in [3.63, 3.8) is 0 Å². The van der Waals surface area contributed by atoms with E-state index in [-0.39, 0.29) is 5.69 Å². The van der Waals surface area contributed by atoms with E-state index in [9.17, 15) is 4.39 Å². The van der Waals surface area contributed by atoms with Crippen LogP contribution in [0.15, 0.2) is 42.7 Å². The Morgan fingerprint density at radius 1 is 0.952 bits per heavy atom. The van der Waals surface area contributed by atoms with Gasteiger partial charge in [-0.1, -0.05) is 34.8 Å². The number of rotatable bonds is 2. The van der Waals surface area contributed by atoms with Crippen molar-refractivity contribution in [3.8, 4) is 17.1 Å². The van der Waals surface area contributed by atoms with Crippen molar-refractivity contribution >= 4 is 34.8 Å². The summed E-state index contributed by atoms with van der Waals surface area (Å²) in [6.45, 7) is 0. The molecule has 0 bridgehead atoms. The first-order valence-electron chi connectivity index (χ1n) is 5.87. The molecule has 0 aliphatic rings. The fraction of sp³-hybridized carbons (Fsp3) is 0. The van der Waals surface area contributed by atoms with Crippen LogP contribution in [0.1, 0.15) is 0 Å². The molecule has 21 heavy (non-hydrogen) atoms. The maximum atomic E-state index is 14.0. The number of hydrogen-bond acceptors (Lipinski definition) is 2. The second-order valence-electron chi connectivity index (χ2n) is 4.22. The molecule has 3 nitrogen and oxygen atoms in total. The highest BCUT2D eigenvalue weighted by Crippen LogP contribution is 2.30. The molecule has 3 rings (SSSR count). The van der Waals surface area contributed by atoms with Crippen LogP contribution >= 0.6 is 34.8 Å². The molecule has 3 aromatic rings. The summed E-state index contributed by atoms with van der Waals surface area (Å²) in [4.78, 5) is 4.14. The predicted octanol–water partition coefficient (Wildman–Crippen LogP) is 5.03. The van der Waals surface area contributed by atoms with Gasteiger partial charge in [0.25, 0.3) is 0 Å². The zero-order chi connectivity index (χ0) is 15.0. The number of benzene rings is 2. The lowest BCUT2D eigenvalue weighted by atomic mass is 10.2. The molecule has 0 spiro atoms. The first kappa shape index (κ1) is 14.3. The topological polar surface area (TPSA) is 30.7 Å². The lowest BCUT2D eigenvalue weighted by molar-refractivity contribution is 0.611. The third kappa shape index (κ3) is 2.75. The Morgan fingerprint density at radius 3 is 2.38 bits per heavy atom. The highest BCUT2D eigenvalue weighted by atomic mass is 35.5. The first-order valence-corrected chi connectivity index (χ1v) is 7.00. The van der Waals surface area contributed by atoms with E-state index in [0.717, 1.165) is 0 Å². The van der Waals surface area contributed by atoms with Crippen LogP contribution in [0.3, 0.4) is 0 Å². The molecule has 1 heterocycles. The third-order valence-electron chi connectivity index (χ3n) is 2.86. The standard InChI is InChI=1S/C14H7Cl3FN3/c15-8-1-3-10(11(17)5-8)14-19-7-20-21(14)13-4-2-9(16)6-12(13)18/h1-7H. The SMILES string of the molecule is Fc1cc(Cl)ccc1-n1ncnc1-c1ccc(Cl)cc1Cl. The molecule has 106 valence electrons. The Morgan fingerprint density at radius 2 is 1.67 bits per heavy atom. The lowest BCUT2D eigenvalue weighted by Gasteiger charge is -2.09. The van der Waals surface area contributed by atoms with Gasteiger partial charge in [-0.05, 0) is 36.4 Å². The van der Waals surface area contributed by atoms with E-state index in [1.807, 2.05) is 0 Å². The molecule has 0 fully saturated rings. The van der Waals surface area contributed by atoms with Gasteiger partial charge < -0.3 is 0 Å². The van der Waals surface area contributed by atoms with Gasteiger partial charge in [0, 0.05) is 15.6 Å². The molecule has 0 atom stereocenters. The van der Waals surface area contributed by atoms with Crippen molar-refractivity contribution in [2.45, 2.75) is 0 Å². The van der Waals surface area contributed by atoms with Gasteiger partial charge in [0.1, 0.15) is 17.8 Å². The third-order valence-corrected chi connectivity index (χ3v) is 3.64.